The van der Waals surface area contributed by atoms with Gasteiger partial charge in [0.1, 0.15) is 12.4 Å². The second-order valence-electron chi connectivity index (χ2n) is 4.72. The second-order valence-corrected chi connectivity index (χ2v) is 6.95. The van der Waals surface area contributed by atoms with E-state index in [2.05, 4.69) is 5.32 Å². The molecule has 1 aromatic carbocycles. The zero-order valence-electron chi connectivity index (χ0n) is 11.0. The molecule has 0 saturated carbocycles. The predicted molar refractivity (Wildman–Crippen MR) is 76.4 cm³/mol. The Labute approximate surface area is 118 Å². The molecule has 20 heavy (non-hydrogen) atoms. The minimum Gasteiger partial charge on any atom is -0.490 e. The molecule has 0 aromatic heterocycles. The molecule has 1 aliphatic heterocycles. The summed E-state index contributed by atoms with van der Waals surface area (Å²) in [4.78, 5) is 12.1. The molecule has 2 rings (SSSR count). The first-order valence-corrected chi connectivity index (χ1v) is 8.27. The Morgan fingerprint density at radius 3 is 2.80 bits per heavy atom. The molecule has 1 atom stereocenters. The number of benzene rings is 1. The standard InChI is InChI=1S/C13H18N2O4S/c14-6-7-19-12-4-2-1-3-11(12)15-13(16)10-5-8-20(17,18)9-10/h1-4,10H,5-9,14H2,(H,15,16). The Balaban J connectivity index is 2.04. The van der Waals surface area contributed by atoms with Crippen LogP contribution in [0.15, 0.2) is 24.3 Å². The number of hydrogen-bond donors (Lipinski definition) is 2. The van der Waals surface area contributed by atoms with Crippen molar-refractivity contribution in [3.63, 3.8) is 0 Å². The van der Waals surface area contributed by atoms with E-state index in [-0.39, 0.29) is 17.4 Å². The molecule has 7 heteroatoms. The molecule has 1 aliphatic rings. The summed E-state index contributed by atoms with van der Waals surface area (Å²) in [5.74, 6) is -0.231. The van der Waals surface area contributed by atoms with Crippen molar-refractivity contribution >= 4 is 21.4 Å². The zero-order valence-corrected chi connectivity index (χ0v) is 11.9. The van der Waals surface area contributed by atoms with Gasteiger partial charge in [0.15, 0.2) is 9.84 Å². The summed E-state index contributed by atoms with van der Waals surface area (Å²) in [6, 6.07) is 7.02. The molecule has 3 N–H and O–H groups in total. The van der Waals surface area contributed by atoms with Crippen LogP contribution in [0.5, 0.6) is 5.75 Å². The summed E-state index contributed by atoms with van der Waals surface area (Å²) in [6.45, 7) is 0.730. The first kappa shape index (κ1) is 14.8. The van der Waals surface area contributed by atoms with Gasteiger partial charge < -0.3 is 15.8 Å². The average Bonchev–Trinajstić information content (AvgIpc) is 2.78. The topological polar surface area (TPSA) is 98.5 Å². The van der Waals surface area contributed by atoms with Gasteiger partial charge in [0.25, 0.3) is 0 Å². The fourth-order valence-electron chi connectivity index (χ4n) is 2.10. The van der Waals surface area contributed by atoms with E-state index in [0.717, 1.165) is 0 Å². The maximum Gasteiger partial charge on any atom is 0.228 e. The van der Waals surface area contributed by atoms with Crippen LogP contribution in [0.2, 0.25) is 0 Å². The summed E-state index contributed by atoms with van der Waals surface area (Å²) in [5, 5.41) is 2.73. The molecule has 1 amide bonds. The van der Waals surface area contributed by atoms with Crippen molar-refractivity contribution < 1.29 is 17.9 Å². The first-order valence-electron chi connectivity index (χ1n) is 6.45. The van der Waals surface area contributed by atoms with Gasteiger partial charge in [-0.3, -0.25) is 4.79 Å². The summed E-state index contributed by atoms with van der Waals surface area (Å²) in [6.07, 6.45) is 0.375. The summed E-state index contributed by atoms with van der Waals surface area (Å²) < 4.78 is 28.2. The van der Waals surface area contributed by atoms with E-state index in [4.69, 9.17) is 10.5 Å². The first-order chi connectivity index (χ1) is 9.52. The fourth-order valence-corrected chi connectivity index (χ4v) is 3.84. The van der Waals surface area contributed by atoms with Crippen molar-refractivity contribution in [2.45, 2.75) is 6.42 Å². The highest BCUT2D eigenvalue weighted by molar-refractivity contribution is 7.91. The molecule has 1 aromatic rings. The van der Waals surface area contributed by atoms with Gasteiger partial charge in [0.05, 0.1) is 23.1 Å². The summed E-state index contributed by atoms with van der Waals surface area (Å²) in [7, 11) is -3.07. The molecule has 0 radical (unpaired) electrons. The number of nitrogens with two attached hydrogens (primary N) is 1. The number of para-hydroxylation sites is 2. The molecular weight excluding hydrogens is 280 g/mol. The van der Waals surface area contributed by atoms with Crippen LogP contribution in [-0.2, 0) is 14.6 Å². The maximum absolute atomic E-state index is 12.1. The molecule has 1 saturated heterocycles. The van der Waals surface area contributed by atoms with Gasteiger partial charge in [0.2, 0.25) is 5.91 Å². The zero-order chi connectivity index (χ0) is 14.6. The van der Waals surface area contributed by atoms with Gasteiger partial charge in [-0.25, -0.2) is 8.42 Å². The lowest BCUT2D eigenvalue weighted by Gasteiger charge is -2.13. The highest BCUT2D eigenvalue weighted by atomic mass is 32.2. The molecule has 0 aliphatic carbocycles. The van der Waals surface area contributed by atoms with Crippen LogP contribution in [0, 0.1) is 5.92 Å². The third-order valence-electron chi connectivity index (χ3n) is 3.12. The van der Waals surface area contributed by atoms with Crippen molar-refractivity contribution in [3.8, 4) is 5.75 Å². The number of amides is 1. The quantitative estimate of drug-likeness (QED) is 0.819. The molecule has 6 nitrogen and oxygen atoms in total. The van der Waals surface area contributed by atoms with E-state index in [1.165, 1.54) is 0 Å². The minimum absolute atomic E-state index is 0.0787. The number of ether oxygens (including phenoxy) is 1. The van der Waals surface area contributed by atoms with Crippen LogP contribution in [0.25, 0.3) is 0 Å². The van der Waals surface area contributed by atoms with Crippen LogP contribution >= 0.6 is 0 Å². The Morgan fingerprint density at radius 2 is 2.15 bits per heavy atom. The third kappa shape index (κ3) is 3.71. The number of hydrogen-bond acceptors (Lipinski definition) is 5. The SMILES string of the molecule is NCCOc1ccccc1NC(=O)C1CCS(=O)(=O)C1. The lowest BCUT2D eigenvalue weighted by atomic mass is 10.1. The number of carbonyl (C=O) groups excluding carboxylic acids is 1. The molecule has 0 bridgehead atoms. The number of carbonyl (C=O) groups is 1. The normalized spacial score (nSPS) is 20.6. The summed E-state index contributed by atoms with van der Waals surface area (Å²) >= 11 is 0. The number of nitrogens with one attached hydrogen (secondary N) is 1. The Hall–Kier alpha value is -1.60. The highest BCUT2D eigenvalue weighted by Gasteiger charge is 2.33. The van der Waals surface area contributed by atoms with Crippen LogP contribution in [0.4, 0.5) is 5.69 Å². The van der Waals surface area contributed by atoms with E-state index in [1.54, 1.807) is 24.3 Å². The van der Waals surface area contributed by atoms with Gasteiger partial charge in [-0.15, -0.1) is 0 Å². The maximum atomic E-state index is 12.1. The third-order valence-corrected chi connectivity index (χ3v) is 4.89. The Morgan fingerprint density at radius 1 is 1.40 bits per heavy atom. The van der Waals surface area contributed by atoms with E-state index in [0.29, 0.717) is 31.0 Å². The van der Waals surface area contributed by atoms with E-state index >= 15 is 0 Å². The Kier molecular flexibility index (Phi) is 4.61. The lowest BCUT2D eigenvalue weighted by Crippen LogP contribution is -2.24. The van der Waals surface area contributed by atoms with Crippen LogP contribution in [-0.4, -0.2) is 39.0 Å². The molecule has 1 unspecified atom stereocenters. The van der Waals surface area contributed by atoms with Crippen molar-refractivity contribution in [1.29, 1.82) is 0 Å². The predicted octanol–water partition coefficient (Wildman–Crippen LogP) is 0.397. The van der Waals surface area contributed by atoms with E-state index in [1.807, 2.05) is 0 Å². The molecular formula is C13H18N2O4S. The minimum atomic E-state index is -3.07. The molecule has 0 spiro atoms. The van der Waals surface area contributed by atoms with Crippen molar-refractivity contribution in [1.82, 2.24) is 0 Å². The Bertz CT molecular complexity index is 586. The average molecular weight is 298 g/mol. The largest absolute Gasteiger partial charge is 0.490 e. The van der Waals surface area contributed by atoms with Crippen molar-refractivity contribution in [2.24, 2.45) is 11.7 Å². The van der Waals surface area contributed by atoms with Gasteiger partial charge in [-0.05, 0) is 18.6 Å². The number of sulfone groups is 1. The lowest BCUT2D eigenvalue weighted by molar-refractivity contribution is -0.119. The molecule has 1 heterocycles. The van der Waals surface area contributed by atoms with Gasteiger partial charge in [-0.1, -0.05) is 12.1 Å². The van der Waals surface area contributed by atoms with Crippen LogP contribution < -0.4 is 15.8 Å². The number of anilines is 1. The fraction of sp³-hybridized carbons (Fsp3) is 0.462. The monoisotopic (exact) mass is 298 g/mol. The van der Waals surface area contributed by atoms with E-state index < -0.39 is 15.8 Å². The number of rotatable bonds is 5. The molecule has 1 fully saturated rings. The van der Waals surface area contributed by atoms with Crippen molar-refractivity contribution in [2.75, 3.05) is 30.0 Å². The van der Waals surface area contributed by atoms with Gasteiger partial charge in [0, 0.05) is 6.54 Å². The van der Waals surface area contributed by atoms with Gasteiger partial charge in [-0.2, -0.15) is 0 Å². The van der Waals surface area contributed by atoms with Gasteiger partial charge >= 0.3 is 0 Å². The highest BCUT2D eigenvalue weighted by Crippen LogP contribution is 2.26. The van der Waals surface area contributed by atoms with Crippen LogP contribution in [0.3, 0.4) is 0 Å². The molecule has 110 valence electrons. The van der Waals surface area contributed by atoms with E-state index in [9.17, 15) is 13.2 Å². The van der Waals surface area contributed by atoms with Crippen LogP contribution in [0.1, 0.15) is 6.42 Å². The summed E-state index contributed by atoms with van der Waals surface area (Å²) in [5.41, 5.74) is 5.92. The smallest absolute Gasteiger partial charge is 0.228 e. The van der Waals surface area contributed by atoms with Crippen molar-refractivity contribution in [3.05, 3.63) is 24.3 Å². The second kappa shape index (κ2) is 6.23.